The predicted molar refractivity (Wildman–Crippen MR) is 68.6 cm³/mol. The molecule has 0 atom stereocenters. The topological polar surface area (TPSA) is 25.8 Å². The number of para-hydroxylation sites is 1. The summed E-state index contributed by atoms with van der Waals surface area (Å²) < 4.78 is 0.719. The zero-order valence-electron chi connectivity index (χ0n) is 9.20. The molecule has 16 heavy (non-hydrogen) atoms. The molecule has 1 fully saturated rings. The number of aryl methyl sites for hydroxylation is 1. The summed E-state index contributed by atoms with van der Waals surface area (Å²) in [5, 5.41) is 1.23. The smallest absolute Gasteiger partial charge is 0.197 e. The molecule has 1 saturated carbocycles. The van der Waals surface area contributed by atoms with Crippen molar-refractivity contribution in [1.29, 1.82) is 0 Å². The van der Waals surface area contributed by atoms with E-state index in [1.165, 1.54) is 35.9 Å². The van der Waals surface area contributed by atoms with E-state index < -0.39 is 0 Å². The maximum atomic E-state index is 4.57. The van der Waals surface area contributed by atoms with Gasteiger partial charge in [0.2, 0.25) is 0 Å². The summed E-state index contributed by atoms with van der Waals surface area (Å²) in [6.45, 7) is 2.10. The predicted octanol–water partition coefficient (Wildman–Crippen LogP) is 3.97. The molecule has 2 nitrogen and oxygen atoms in total. The van der Waals surface area contributed by atoms with Crippen LogP contribution in [0, 0.1) is 6.92 Å². The van der Waals surface area contributed by atoms with Crippen LogP contribution in [0.15, 0.2) is 22.9 Å². The van der Waals surface area contributed by atoms with Gasteiger partial charge in [-0.15, -0.1) is 0 Å². The third-order valence-corrected chi connectivity index (χ3v) is 3.78. The second kappa shape index (κ2) is 3.81. The number of benzene rings is 1. The Kier molecular flexibility index (Phi) is 2.43. The van der Waals surface area contributed by atoms with Crippen molar-refractivity contribution in [3.05, 3.63) is 34.2 Å². The molecule has 1 aromatic heterocycles. The zero-order valence-corrected chi connectivity index (χ0v) is 10.8. The van der Waals surface area contributed by atoms with Gasteiger partial charge in [0.05, 0.1) is 11.2 Å². The molecule has 1 heterocycles. The summed E-state index contributed by atoms with van der Waals surface area (Å²) in [5.41, 5.74) is 3.54. The normalized spacial score (nSPS) is 16.4. The van der Waals surface area contributed by atoms with Crippen LogP contribution in [0.1, 0.15) is 36.4 Å². The van der Waals surface area contributed by atoms with Crippen molar-refractivity contribution < 1.29 is 0 Å². The minimum Gasteiger partial charge on any atom is -0.226 e. The van der Waals surface area contributed by atoms with Gasteiger partial charge in [-0.05, 0) is 41.3 Å². The molecule has 1 aliphatic rings. The standard InChI is InChI=1S/C13H13BrN2/c1-8-4-2-7-10-11(8)15-13(14)16-12(10)9-5-3-6-9/h2,4,7,9H,3,5-6H2,1H3. The fourth-order valence-corrected chi connectivity index (χ4v) is 2.65. The van der Waals surface area contributed by atoms with E-state index in [2.05, 4.69) is 51.0 Å². The highest BCUT2D eigenvalue weighted by atomic mass is 79.9. The van der Waals surface area contributed by atoms with E-state index in [4.69, 9.17) is 0 Å². The van der Waals surface area contributed by atoms with E-state index in [1.807, 2.05) is 0 Å². The monoisotopic (exact) mass is 276 g/mol. The van der Waals surface area contributed by atoms with Crippen LogP contribution in [0.25, 0.3) is 10.9 Å². The highest BCUT2D eigenvalue weighted by Crippen LogP contribution is 2.39. The molecule has 0 radical (unpaired) electrons. The summed E-state index contributed by atoms with van der Waals surface area (Å²) in [6, 6.07) is 6.34. The molecule has 0 amide bonds. The maximum absolute atomic E-state index is 4.57. The molecule has 1 aliphatic carbocycles. The average Bonchev–Trinajstić information content (AvgIpc) is 2.17. The molecule has 82 valence electrons. The van der Waals surface area contributed by atoms with Gasteiger partial charge in [0.1, 0.15) is 0 Å². The van der Waals surface area contributed by atoms with E-state index >= 15 is 0 Å². The molecule has 0 N–H and O–H groups in total. The van der Waals surface area contributed by atoms with E-state index in [0.717, 1.165) is 10.3 Å². The summed E-state index contributed by atoms with van der Waals surface area (Å²) in [4.78, 5) is 9.05. The lowest BCUT2D eigenvalue weighted by atomic mass is 9.81. The van der Waals surface area contributed by atoms with Gasteiger partial charge < -0.3 is 0 Å². The van der Waals surface area contributed by atoms with Crippen LogP contribution in [0.4, 0.5) is 0 Å². The van der Waals surface area contributed by atoms with Crippen LogP contribution in [0.5, 0.6) is 0 Å². The van der Waals surface area contributed by atoms with Gasteiger partial charge in [-0.3, -0.25) is 0 Å². The first-order chi connectivity index (χ1) is 7.75. The Morgan fingerprint density at radius 1 is 1.25 bits per heavy atom. The lowest BCUT2D eigenvalue weighted by molar-refractivity contribution is 0.413. The van der Waals surface area contributed by atoms with Crippen molar-refractivity contribution in [3.8, 4) is 0 Å². The van der Waals surface area contributed by atoms with Gasteiger partial charge in [0, 0.05) is 11.3 Å². The Labute approximate surface area is 103 Å². The van der Waals surface area contributed by atoms with Crippen LogP contribution in [-0.4, -0.2) is 9.97 Å². The van der Waals surface area contributed by atoms with Gasteiger partial charge >= 0.3 is 0 Å². The minimum absolute atomic E-state index is 0.642. The number of halogens is 1. The van der Waals surface area contributed by atoms with Crippen LogP contribution in [0.2, 0.25) is 0 Å². The maximum Gasteiger partial charge on any atom is 0.197 e. The lowest BCUT2D eigenvalue weighted by Crippen LogP contribution is -2.12. The van der Waals surface area contributed by atoms with Crippen molar-refractivity contribution in [2.75, 3.05) is 0 Å². The highest BCUT2D eigenvalue weighted by molar-refractivity contribution is 9.10. The van der Waals surface area contributed by atoms with Crippen molar-refractivity contribution in [2.24, 2.45) is 0 Å². The van der Waals surface area contributed by atoms with Crippen LogP contribution in [-0.2, 0) is 0 Å². The first-order valence-electron chi connectivity index (χ1n) is 5.68. The van der Waals surface area contributed by atoms with Gasteiger partial charge in [0.25, 0.3) is 0 Å². The quantitative estimate of drug-likeness (QED) is 0.737. The van der Waals surface area contributed by atoms with Gasteiger partial charge in [-0.25, -0.2) is 9.97 Å². The second-order valence-corrected chi connectivity index (χ2v) is 5.19. The molecule has 2 aromatic rings. The fraction of sp³-hybridized carbons (Fsp3) is 0.385. The zero-order chi connectivity index (χ0) is 11.1. The Morgan fingerprint density at radius 3 is 2.75 bits per heavy atom. The molecule has 0 aliphatic heterocycles. The van der Waals surface area contributed by atoms with Crippen LogP contribution < -0.4 is 0 Å². The van der Waals surface area contributed by atoms with E-state index in [9.17, 15) is 0 Å². The lowest BCUT2D eigenvalue weighted by Gasteiger charge is -2.26. The third kappa shape index (κ3) is 1.54. The molecule has 0 spiro atoms. The first-order valence-corrected chi connectivity index (χ1v) is 6.48. The Hall–Kier alpha value is -0.960. The van der Waals surface area contributed by atoms with Crippen molar-refractivity contribution in [1.82, 2.24) is 9.97 Å². The second-order valence-electron chi connectivity index (χ2n) is 4.48. The number of fused-ring (bicyclic) bond motifs is 1. The molecule has 1 aromatic carbocycles. The number of hydrogen-bond donors (Lipinski definition) is 0. The molecular weight excluding hydrogens is 264 g/mol. The first kappa shape index (κ1) is 10.2. The molecule has 3 rings (SSSR count). The summed E-state index contributed by atoms with van der Waals surface area (Å²) >= 11 is 3.42. The third-order valence-electron chi connectivity index (χ3n) is 3.42. The molecule has 3 heteroatoms. The summed E-state index contributed by atoms with van der Waals surface area (Å²) in [7, 11) is 0. The van der Waals surface area contributed by atoms with E-state index in [1.54, 1.807) is 0 Å². The Morgan fingerprint density at radius 2 is 2.06 bits per heavy atom. The molecule has 0 bridgehead atoms. The van der Waals surface area contributed by atoms with E-state index in [-0.39, 0.29) is 0 Å². The summed E-state index contributed by atoms with van der Waals surface area (Å²) in [6.07, 6.45) is 3.87. The number of rotatable bonds is 1. The van der Waals surface area contributed by atoms with Crippen molar-refractivity contribution >= 4 is 26.8 Å². The van der Waals surface area contributed by atoms with Gasteiger partial charge in [0.15, 0.2) is 4.73 Å². The fourth-order valence-electron chi connectivity index (χ4n) is 2.28. The molecular formula is C13H13BrN2. The summed E-state index contributed by atoms with van der Waals surface area (Å²) in [5.74, 6) is 0.642. The number of nitrogens with zero attached hydrogens (tertiary/aromatic N) is 2. The average molecular weight is 277 g/mol. The SMILES string of the molecule is Cc1cccc2c(C3CCC3)nc(Br)nc12. The highest BCUT2D eigenvalue weighted by Gasteiger charge is 2.23. The van der Waals surface area contributed by atoms with Crippen molar-refractivity contribution in [3.63, 3.8) is 0 Å². The van der Waals surface area contributed by atoms with Gasteiger partial charge in [-0.2, -0.15) is 0 Å². The van der Waals surface area contributed by atoms with Crippen LogP contribution in [0.3, 0.4) is 0 Å². The minimum atomic E-state index is 0.642. The number of hydrogen-bond acceptors (Lipinski definition) is 2. The molecule has 0 unspecified atom stereocenters. The Balaban J connectivity index is 2.29. The van der Waals surface area contributed by atoms with Crippen LogP contribution >= 0.6 is 15.9 Å². The Bertz CT molecular complexity index is 547. The van der Waals surface area contributed by atoms with Crippen molar-refractivity contribution in [2.45, 2.75) is 32.1 Å². The largest absolute Gasteiger partial charge is 0.226 e. The number of aromatic nitrogens is 2. The van der Waals surface area contributed by atoms with E-state index in [0.29, 0.717) is 5.92 Å². The molecule has 0 saturated heterocycles. The van der Waals surface area contributed by atoms with Gasteiger partial charge in [-0.1, -0.05) is 24.6 Å².